The molecule has 0 amide bonds. The Kier molecular flexibility index (Phi) is 6.67. The Morgan fingerprint density at radius 2 is 1.72 bits per heavy atom. The maximum absolute atomic E-state index is 13.1. The number of ether oxygens (including phenoxy) is 3. The standard InChI is InChI=1S/C24H30FNO3/c1-27-17-28-23-12-19(13-25)10-11-22(23)29-24-20-8-5-9-21(24)16-26(15-20)14-18-6-3-2-4-7-18/h2-4,6-7,10-12,20-21,24H,5,8-9,13-17H2,1H3/t20-,21+,24?. The number of rotatable bonds is 8. The molecular formula is C24H30FNO3. The summed E-state index contributed by atoms with van der Waals surface area (Å²) in [4.78, 5) is 2.57. The van der Waals surface area contributed by atoms with Crippen molar-refractivity contribution in [1.82, 2.24) is 4.90 Å². The van der Waals surface area contributed by atoms with E-state index in [1.807, 2.05) is 6.07 Å². The molecule has 5 heteroatoms. The van der Waals surface area contributed by atoms with Gasteiger partial charge < -0.3 is 14.2 Å². The summed E-state index contributed by atoms with van der Waals surface area (Å²) in [6, 6.07) is 16.0. The number of hydrogen-bond donors (Lipinski definition) is 0. The maximum atomic E-state index is 13.1. The van der Waals surface area contributed by atoms with Crippen LogP contribution in [0.4, 0.5) is 4.39 Å². The molecule has 1 heterocycles. The maximum Gasteiger partial charge on any atom is 0.188 e. The topological polar surface area (TPSA) is 30.9 Å². The van der Waals surface area contributed by atoms with Gasteiger partial charge in [0.25, 0.3) is 0 Å². The molecule has 0 N–H and O–H groups in total. The summed E-state index contributed by atoms with van der Waals surface area (Å²) < 4.78 is 30.3. The van der Waals surface area contributed by atoms with E-state index in [2.05, 4.69) is 35.2 Å². The highest BCUT2D eigenvalue weighted by molar-refractivity contribution is 5.43. The van der Waals surface area contributed by atoms with Gasteiger partial charge in [-0.2, -0.15) is 0 Å². The first-order chi connectivity index (χ1) is 14.3. The number of alkyl halides is 1. The van der Waals surface area contributed by atoms with Crippen LogP contribution >= 0.6 is 0 Å². The largest absolute Gasteiger partial charge is 0.486 e. The average Bonchev–Trinajstić information content (AvgIpc) is 2.74. The van der Waals surface area contributed by atoms with Crippen LogP contribution in [0.3, 0.4) is 0 Å². The van der Waals surface area contributed by atoms with E-state index in [1.54, 1.807) is 19.2 Å². The Hall–Kier alpha value is -2.11. The van der Waals surface area contributed by atoms with Gasteiger partial charge in [-0.25, -0.2) is 4.39 Å². The highest BCUT2D eigenvalue weighted by Crippen LogP contribution is 2.40. The summed E-state index contributed by atoms with van der Waals surface area (Å²) in [6.45, 7) is 2.69. The van der Waals surface area contributed by atoms with Gasteiger partial charge in [0.2, 0.25) is 0 Å². The average molecular weight is 400 g/mol. The molecule has 4 rings (SSSR count). The molecule has 2 fully saturated rings. The van der Waals surface area contributed by atoms with Crippen LogP contribution < -0.4 is 9.47 Å². The molecule has 29 heavy (non-hydrogen) atoms. The predicted octanol–water partition coefficient (Wildman–Crippen LogP) is 4.82. The Balaban J connectivity index is 1.47. The summed E-state index contributed by atoms with van der Waals surface area (Å²) in [5, 5.41) is 0. The first kappa shape index (κ1) is 20.2. The van der Waals surface area contributed by atoms with Crippen molar-refractivity contribution in [1.29, 1.82) is 0 Å². The Bertz CT molecular complexity index is 771. The molecule has 2 aromatic carbocycles. The lowest BCUT2D eigenvalue weighted by Gasteiger charge is -2.47. The van der Waals surface area contributed by atoms with Crippen molar-refractivity contribution in [3.8, 4) is 11.5 Å². The van der Waals surface area contributed by atoms with Gasteiger partial charge in [0.05, 0.1) is 0 Å². The second-order valence-electron chi connectivity index (χ2n) is 8.18. The minimum Gasteiger partial charge on any atom is -0.486 e. The van der Waals surface area contributed by atoms with Gasteiger partial charge in [-0.05, 0) is 36.1 Å². The van der Waals surface area contributed by atoms with Gasteiger partial charge in [0.1, 0.15) is 12.8 Å². The molecule has 1 aliphatic heterocycles. The van der Waals surface area contributed by atoms with Crippen LogP contribution in [0.15, 0.2) is 48.5 Å². The molecule has 1 aliphatic carbocycles. The molecule has 0 aromatic heterocycles. The van der Waals surface area contributed by atoms with Crippen LogP contribution in [-0.4, -0.2) is 38.0 Å². The number of fused-ring (bicyclic) bond motifs is 2. The predicted molar refractivity (Wildman–Crippen MR) is 111 cm³/mol. The fourth-order valence-electron chi connectivity index (χ4n) is 4.76. The third-order valence-electron chi connectivity index (χ3n) is 6.07. The van der Waals surface area contributed by atoms with Crippen molar-refractivity contribution in [3.05, 3.63) is 59.7 Å². The lowest BCUT2D eigenvalue weighted by Crippen LogP contribution is -2.53. The van der Waals surface area contributed by atoms with Crippen molar-refractivity contribution in [2.45, 2.75) is 38.6 Å². The minimum atomic E-state index is -0.521. The third-order valence-corrected chi connectivity index (χ3v) is 6.07. The number of halogens is 1. The van der Waals surface area contributed by atoms with E-state index >= 15 is 0 Å². The SMILES string of the molecule is COCOc1cc(CF)ccc1OC1[C@@H]2CCC[C@H]1CN(Cc1ccccc1)C2. The Morgan fingerprint density at radius 3 is 2.41 bits per heavy atom. The lowest BCUT2D eigenvalue weighted by atomic mass is 9.75. The smallest absolute Gasteiger partial charge is 0.188 e. The normalized spacial score (nSPS) is 24.3. The van der Waals surface area contributed by atoms with Gasteiger partial charge in [0, 0.05) is 38.6 Å². The van der Waals surface area contributed by atoms with Gasteiger partial charge in [0.15, 0.2) is 18.3 Å². The summed E-state index contributed by atoms with van der Waals surface area (Å²) in [6.07, 6.45) is 3.81. The highest BCUT2D eigenvalue weighted by atomic mass is 19.1. The number of nitrogens with zero attached hydrogens (tertiary/aromatic N) is 1. The van der Waals surface area contributed by atoms with Crippen LogP contribution in [0.25, 0.3) is 0 Å². The van der Waals surface area contributed by atoms with E-state index in [0.717, 1.165) is 19.6 Å². The van der Waals surface area contributed by atoms with Crippen LogP contribution in [0.5, 0.6) is 11.5 Å². The fraction of sp³-hybridized carbons (Fsp3) is 0.500. The second kappa shape index (κ2) is 9.59. The van der Waals surface area contributed by atoms with Crippen LogP contribution in [0, 0.1) is 11.8 Å². The van der Waals surface area contributed by atoms with Gasteiger partial charge >= 0.3 is 0 Å². The Labute approximate surface area is 172 Å². The number of methoxy groups -OCH3 is 1. The third kappa shape index (κ3) is 4.90. The van der Waals surface area contributed by atoms with Gasteiger partial charge in [-0.15, -0.1) is 0 Å². The van der Waals surface area contributed by atoms with Crippen molar-refractivity contribution < 1.29 is 18.6 Å². The molecule has 2 bridgehead atoms. The molecule has 1 unspecified atom stereocenters. The highest BCUT2D eigenvalue weighted by Gasteiger charge is 2.41. The summed E-state index contributed by atoms with van der Waals surface area (Å²) >= 11 is 0. The molecule has 2 aliphatic rings. The molecule has 1 saturated carbocycles. The van der Waals surface area contributed by atoms with Crippen molar-refractivity contribution in [2.75, 3.05) is 27.0 Å². The lowest BCUT2D eigenvalue weighted by molar-refractivity contribution is -0.0392. The zero-order valence-corrected chi connectivity index (χ0v) is 17.1. The van der Waals surface area contributed by atoms with Crippen LogP contribution in [0.1, 0.15) is 30.4 Å². The fourth-order valence-corrected chi connectivity index (χ4v) is 4.76. The monoisotopic (exact) mass is 399 g/mol. The number of benzene rings is 2. The van der Waals surface area contributed by atoms with E-state index in [-0.39, 0.29) is 12.9 Å². The molecule has 2 aromatic rings. The van der Waals surface area contributed by atoms with Crippen molar-refractivity contribution in [2.24, 2.45) is 11.8 Å². The Morgan fingerprint density at radius 1 is 0.966 bits per heavy atom. The van der Waals surface area contributed by atoms with Crippen LogP contribution in [0.2, 0.25) is 0 Å². The van der Waals surface area contributed by atoms with E-state index in [1.165, 1.54) is 24.8 Å². The number of piperidine rings is 1. The molecule has 0 spiro atoms. The van der Waals surface area contributed by atoms with E-state index in [4.69, 9.17) is 14.2 Å². The quantitative estimate of drug-likeness (QED) is 0.596. The van der Waals surface area contributed by atoms with Crippen molar-refractivity contribution >= 4 is 0 Å². The van der Waals surface area contributed by atoms with Crippen molar-refractivity contribution in [3.63, 3.8) is 0 Å². The molecule has 1 saturated heterocycles. The summed E-state index contributed by atoms with van der Waals surface area (Å²) in [5.74, 6) is 2.26. The van der Waals surface area contributed by atoms with E-state index in [9.17, 15) is 4.39 Å². The molecule has 0 radical (unpaired) electrons. The van der Waals surface area contributed by atoms with E-state index < -0.39 is 6.67 Å². The number of likely N-dealkylation sites (tertiary alicyclic amines) is 1. The zero-order chi connectivity index (χ0) is 20.1. The van der Waals surface area contributed by atoms with E-state index in [0.29, 0.717) is 28.9 Å². The first-order valence-electron chi connectivity index (χ1n) is 10.5. The molecule has 156 valence electrons. The number of hydrogen-bond acceptors (Lipinski definition) is 4. The summed E-state index contributed by atoms with van der Waals surface area (Å²) in [5.41, 5.74) is 1.95. The molecule has 3 atom stereocenters. The van der Waals surface area contributed by atoms with Crippen LogP contribution in [-0.2, 0) is 18.0 Å². The summed E-state index contributed by atoms with van der Waals surface area (Å²) in [7, 11) is 1.58. The molecular weight excluding hydrogens is 369 g/mol. The first-order valence-corrected chi connectivity index (χ1v) is 10.5. The molecule has 4 nitrogen and oxygen atoms in total. The van der Waals surface area contributed by atoms with Gasteiger partial charge in [-0.1, -0.05) is 42.8 Å². The zero-order valence-electron chi connectivity index (χ0n) is 17.1. The van der Waals surface area contributed by atoms with Gasteiger partial charge in [-0.3, -0.25) is 4.90 Å². The minimum absolute atomic E-state index is 0.120. The second-order valence-corrected chi connectivity index (χ2v) is 8.18.